The van der Waals surface area contributed by atoms with Gasteiger partial charge in [-0.1, -0.05) is 6.07 Å². The zero-order valence-corrected chi connectivity index (χ0v) is 12.9. The molecule has 1 fully saturated rings. The zero-order valence-electron chi connectivity index (χ0n) is 12.9. The Balaban J connectivity index is 2.05. The molecule has 0 saturated carbocycles. The van der Waals surface area contributed by atoms with Gasteiger partial charge in [-0.15, -0.1) is 0 Å². The Morgan fingerprint density at radius 3 is 2.71 bits per heavy atom. The van der Waals surface area contributed by atoms with E-state index in [0.717, 1.165) is 24.9 Å². The number of methoxy groups -OCH3 is 2. The molecule has 1 aromatic rings. The van der Waals surface area contributed by atoms with Gasteiger partial charge in [0.1, 0.15) is 6.23 Å². The van der Waals surface area contributed by atoms with Gasteiger partial charge in [0.15, 0.2) is 11.5 Å². The summed E-state index contributed by atoms with van der Waals surface area (Å²) in [5.41, 5.74) is 0.916. The van der Waals surface area contributed by atoms with Gasteiger partial charge in [0.2, 0.25) is 5.91 Å². The van der Waals surface area contributed by atoms with Crippen LogP contribution < -0.4 is 9.47 Å². The fourth-order valence-electron chi connectivity index (χ4n) is 2.65. The number of amides is 1. The second-order valence-electron chi connectivity index (χ2n) is 5.01. The highest BCUT2D eigenvalue weighted by Gasteiger charge is 2.28. The molecular weight excluding hydrogens is 270 g/mol. The fourth-order valence-corrected chi connectivity index (χ4v) is 2.65. The van der Waals surface area contributed by atoms with Gasteiger partial charge < -0.3 is 19.1 Å². The topological polar surface area (TPSA) is 48.0 Å². The standard InChI is InChI=1S/C16H23NO4/c1-4-21-16-6-5-9-17(16)15(18)11-12-7-8-13(19-2)14(10-12)20-3/h7-8,10,16H,4-6,9,11H2,1-3H3. The number of hydrogen-bond acceptors (Lipinski definition) is 4. The molecule has 1 heterocycles. The average Bonchev–Trinajstić information content (AvgIpc) is 2.96. The lowest BCUT2D eigenvalue weighted by atomic mass is 10.1. The van der Waals surface area contributed by atoms with Crippen LogP contribution in [0.1, 0.15) is 25.3 Å². The maximum absolute atomic E-state index is 12.4. The molecule has 0 N–H and O–H groups in total. The van der Waals surface area contributed by atoms with Crippen LogP contribution in [0.3, 0.4) is 0 Å². The van der Waals surface area contributed by atoms with Gasteiger partial charge in [0.05, 0.1) is 20.6 Å². The lowest BCUT2D eigenvalue weighted by molar-refractivity contribution is -0.140. The smallest absolute Gasteiger partial charge is 0.229 e. The summed E-state index contributed by atoms with van der Waals surface area (Å²) in [5, 5.41) is 0. The normalized spacial score (nSPS) is 17.9. The first kappa shape index (κ1) is 15.6. The summed E-state index contributed by atoms with van der Waals surface area (Å²) in [5.74, 6) is 1.41. The lowest BCUT2D eigenvalue weighted by Crippen LogP contribution is -2.38. The van der Waals surface area contributed by atoms with E-state index in [-0.39, 0.29) is 12.1 Å². The molecule has 0 spiro atoms. The number of carbonyl (C=O) groups is 1. The summed E-state index contributed by atoms with van der Waals surface area (Å²) in [6.45, 7) is 3.36. The monoisotopic (exact) mass is 293 g/mol. The molecule has 1 aliphatic rings. The van der Waals surface area contributed by atoms with Crippen molar-refractivity contribution < 1.29 is 19.0 Å². The molecule has 0 bridgehead atoms. The third kappa shape index (κ3) is 3.67. The molecule has 21 heavy (non-hydrogen) atoms. The maximum atomic E-state index is 12.4. The van der Waals surface area contributed by atoms with Crippen molar-refractivity contribution in [3.8, 4) is 11.5 Å². The minimum atomic E-state index is -0.0670. The molecule has 5 nitrogen and oxygen atoms in total. The lowest BCUT2D eigenvalue weighted by Gasteiger charge is -2.24. The first-order valence-electron chi connectivity index (χ1n) is 7.31. The van der Waals surface area contributed by atoms with E-state index in [0.29, 0.717) is 24.5 Å². The Morgan fingerprint density at radius 2 is 2.05 bits per heavy atom. The van der Waals surface area contributed by atoms with Crippen LogP contribution in [0.5, 0.6) is 11.5 Å². The quantitative estimate of drug-likeness (QED) is 0.807. The van der Waals surface area contributed by atoms with E-state index in [2.05, 4.69) is 0 Å². The molecule has 1 aromatic carbocycles. The van der Waals surface area contributed by atoms with E-state index in [1.807, 2.05) is 30.0 Å². The SMILES string of the molecule is CCOC1CCCN1C(=O)Cc1ccc(OC)c(OC)c1. The predicted octanol–water partition coefficient (Wildman–Crippen LogP) is 2.23. The molecule has 1 atom stereocenters. The number of hydrogen-bond donors (Lipinski definition) is 0. The molecular formula is C16H23NO4. The number of benzene rings is 1. The second kappa shape index (κ2) is 7.31. The Kier molecular flexibility index (Phi) is 5.44. The van der Waals surface area contributed by atoms with Gasteiger partial charge >= 0.3 is 0 Å². The summed E-state index contributed by atoms with van der Waals surface area (Å²) in [6.07, 6.45) is 2.21. The van der Waals surface area contributed by atoms with Gasteiger partial charge in [-0.05, 0) is 37.5 Å². The fraction of sp³-hybridized carbons (Fsp3) is 0.562. The van der Waals surface area contributed by atoms with E-state index in [1.165, 1.54) is 0 Å². The van der Waals surface area contributed by atoms with Crippen LogP contribution in [0, 0.1) is 0 Å². The third-order valence-electron chi connectivity index (χ3n) is 3.68. The first-order chi connectivity index (χ1) is 10.2. The van der Waals surface area contributed by atoms with Crippen LogP contribution in [0.2, 0.25) is 0 Å². The second-order valence-corrected chi connectivity index (χ2v) is 5.01. The number of carbonyl (C=O) groups excluding carboxylic acids is 1. The zero-order chi connectivity index (χ0) is 15.2. The molecule has 1 unspecified atom stereocenters. The van der Waals surface area contributed by atoms with Crippen molar-refractivity contribution in [2.24, 2.45) is 0 Å². The maximum Gasteiger partial charge on any atom is 0.229 e. The molecule has 1 amide bonds. The van der Waals surface area contributed by atoms with E-state index in [1.54, 1.807) is 14.2 Å². The van der Waals surface area contributed by atoms with Crippen molar-refractivity contribution in [1.82, 2.24) is 4.90 Å². The Hall–Kier alpha value is -1.75. The molecule has 5 heteroatoms. The van der Waals surface area contributed by atoms with Gasteiger partial charge in [-0.3, -0.25) is 4.79 Å². The number of nitrogens with zero attached hydrogens (tertiary/aromatic N) is 1. The summed E-state index contributed by atoms with van der Waals surface area (Å²) >= 11 is 0. The first-order valence-corrected chi connectivity index (χ1v) is 7.31. The van der Waals surface area contributed by atoms with Crippen LogP contribution in [-0.4, -0.2) is 44.4 Å². The van der Waals surface area contributed by atoms with Crippen LogP contribution in [0.4, 0.5) is 0 Å². The Labute approximate surface area is 125 Å². The van der Waals surface area contributed by atoms with Crippen molar-refractivity contribution in [2.45, 2.75) is 32.4 Å². The van der Waals surface area contributed by atoms with Gasteiger partial charge in [-0.25, -0.2) is 0 Å². The van der Waals surface area contributed by atoms with Crippen LogP contribution in [0.15, 0.2) is 18.2 Å². The van der Waals surface area contributed by atoms with Crippen molar-refractivity contribution in [2.75, 3.05) is 27.4 Å². The average molecular weight is 293 g/mol. The predicted molar refractivity (Wildman–Crippen MR) is 79.6 cm³/mol. The minimum Gasteiger partial charge on any atom is -0.493 e. The highest BCUT2D eigenvalue weighted by atomic mass is 16.5. The van der Waals surface area contributed by atoms with Crippen LogP contribution >= 0.6 is 0 Å². The number of ether oxygens (including phenoxy) is 3. The molecule has 0 radical (unpaired) electrons. The molecule has 0 aliphatic carbocycles. The molecule has 1 aliphatic heterocycles. The van der Waals surface area contributed by atoms with E-state index >= 15 is 0 Å². The van der Waals surface area contributed by atoms with Gasteiger partial charge in [0.25, 0.3) is 0 Å². The summed E-state index contributed by atoms with van der Waals surface area (Å²) < 4.78 is 16.1. The minimum absolute atomic E-state index is 0.0670. The molecule has 116 valence electrons. The molecule has 1 saturated heterocycles. The third-order valence-corrected chi connectivity index (χ3v) is 3.68. The summed E-state index contributed by atoms with van der Waals surface area (Å²) in [7, 11) is 3.19. The molecule has 2 rings (SSSR count). The number of likely N-dealkylation sites (tertiary alicyclic amines) is 1. The van der Waals surface area contributed by atoms with E-state index in [4.69, 9.17) is 14.2 Å². The van der Waals surface area contributed by atoms with Crippen molar-refractivity contribution in [3.63, 3.8) is 0 Å². The Bertz CT molecular complexity index is 489. The molecule has 0 aromatic heterocycles. The van der Waals surface area contributed by atoms with Crippen LogP contribution in [-0.2, 0) is 16.0 Å². The van der Waals surface area contributed by atoms with E-state index in [9.17, 15) is 4.79 Å². The Morgan fingerprint density at radius 1 is 1.29 bits per heavy atom. The largest absolute Gasteiger partial charge is 0.493 e. The number of rotatable bonds is 6. The van der Waals surface area contributed by atoms with Crippen LogP contribution in [0.25, 0.3) is 0 Å². The van der Waals surface area contributed by atoms with Gasteiger partial charge in [0, 0.05) is 13.2 Å². The highest BCUT2D eigenvalue weighted by molar-refractivity contribution is 5.79. The summed E-state index contributed by atoms with van der Waals surface area (Å²) in [4.78, 5) is 14.3. The summed E-state index contributed by atoms with van der Waals surface area (Å²) in [6, 6.07) is 5.57. The van der Waals surface area contributed by atoms with Crippen molar-refractivity contribution in [3.05, 3.63) is 23.8 Å². The van der Waals surface area contributed by atoms with E-state index < -0.39 is 0 Å². The van der Waals surface area contributed by atoms with Crippen molar-refractivity contribution >= 4 is 5.91 Å². The van der Waals surface area contributed by atoms with Gasteiger partial charge in [-0.2, -0.15) is 0 Å². The van der Waals surface area contributed by atoms with Crippen molar-refractivity contribution in [1.29, 1.82) is 0 Å². The highest BCUT2D eigenvalue weighted by Crippen LogP contribution is 2.28.